The number of amides is 1. The fourth-order valence-corrected chi connectivity index (χ4v) is 7.02. The second kappa shape index (κ2) is 11.4. The van der Waals surface area contributed by atoms with E-state index >= 15 is 0 Å². The number of H-pyrrole nitrogens is 2. The molecule has 8 nitrogen and oxygen atoms in total. The van der Waals surface area contributed by atoms with Gasteiger partial charge in [0.05, 0.1) is 13.1 Å². The van der Waals surface area contributed by atoms with Gasteiger partial charge < -0.3 is 14.9 Å². The van der Waals surface area contributed by atoms with Gasteiger partial charge in [0, 0.05) is 56.0 Å². The van der Waals surface area contributed by atoms with Gasteiger partial charge in [-0.25, -0.2) is 9.97 Å². The van der Waals surface area contributed by atoms with Gasteiger partial charge in [0.25, 0.3) is 5.91 Å². The second-order valence-electron chi connectivity index (χ2n) is 11.8. The lowest BCUT2D eigenvalue weighted by Gasteiger charge is -2.45. The lowest BCUT2D eigenvalue weighted by molar-refractivity contribution is 0.0456. The Morgan fingerprint density at radius 1 is 0.895 bits per heavy atom. The van der Waals surface area contributed by atoms with Gasteiger partial charge in [0.1, 0.15) is 11.6 Å². The number of imidazole rings is 2. The second-order valence-corrected chi connectivity index (χ2v) is 11.8. The SMILES string of the molecule is O=C(c1ccc(CN2CCC3(CCCN(C4CCCCC4)C3)C2)cc1)N(Cc1ncc[nH]1)Cc1ncc[nH]1. The molecule has 8 heteroatoms. The third-order valence-corrected chi connectivity index (χ3v) is 8.98. The maximum absolute atomic E-state index is 13.4. The van der Waals surface area contributed by atoms with Gasteiger partial charge in [-0.1, -0.05) is 31.4 Å². The number of rotatable bonds is 8. The first-order valence-corrected chi connectivity index (χ1v) is 14.5. The van der Waals surface area contributed by atoms with Crippen LogP contribution in [0.15, 0.2) is 49.1 Å². The van der Waals surface area contributed by atoms with E-state index < -0.39 is 0 Å². The first kappa shape index (κ1) is 25.3. The number of carbonyl (C=O) groups is 1. The van der Waals surface area contributed by atoms with Crippen molar-refractivity contribution in [1.29, 1.82) is 0 Å². The van der Waals surface area contributed by atoms with Crippen LogP contribution in [0.4, 0.5) is 0 Å². The van der Waals surface area contributed by atoms with Crippen molar-refractivity contribution < 1.29 is 4.79 Å². The molecule has 2 N–H and O–H groups in total. The van der Waals surface area contributed by atoms with Gasteiger partial charge in [0.2, 0.25) is 0 Å². The molecule has 4 heterocycles. The largest absolute Gasteiger partial charge is 0.347 e. The van der Waals surface area contributed by atoms with E-state index in [9.17, 15) is 4.79 Å². The molecule has 38 heavy (non-hydrogen) atoms. The van der Waals surface area contributed by atoms with Crippen LogP contribution in [0.2, 0.25) is 0 Å². The number of hydrogen-bond donors (Lipinski definition) is 2. The van der Waals surface area contributed by atoms with Crippen LogP contribution in [0.3, 0.4) is 0 Å². The highest BCUT2D eigenvalue weighted by Crippen LogP contribution is 2.41. The number of nitrogens with zero attached hydrogens (tertiary/aromatic N) is 5. The van der Waals surface area contributed by atoms with Gasteiger partial charge in [0.15, 0.2) is 0 Å². The third kappa shape index (κ3) is 5.86. The summed E-state index contributed by atoms with van der Waals surface area (Å²) in [7, 11) is 0. The summed E-state index contributed by atoms with van der Waals surface area (Å²) >= 11 is 0. The molecule has 2 aromatic heterocycles. The van der Waals surface area contributed by atoms with Gasteiger partial charge in [-0.3, -0.25) is 14.6 Å². The number of benzene rings is 1. The number of aromatic nitrogens is 4. The van der Waals surface area contributed by atoms with Crippen molar-refractivity contribution in [2.45, 2.75) is 77.0 Å². The lowest BCUT2D eigenvalue weighted by atomic mass is 9.78. The average molecular weight is 516 g/mol. The van der Waals surface area contributed by atoms with Crippen LogP contribution < -0.4 is 0 Å². The van der Waals surface area contributed by atoms with Crippen molar-refractivity contribution >= 4 is 5.91 Å². The molecule has 1 spiro atoms. The normalized spacial score (nSPS) is 23.3. The van der Waals surface area contributed by atoms with E-state index in [2.05, 4.69) is 41.9 Å². The Hall–Kier alpha value is -2.97. The molecular formula is C30H41N7O. The van der Waals surface area contributed by atoms with E-state index in [4.69, 9.17) is 0 Å². The molecule has 1 atom stereocenters. The molecular weight excluding hydrogens is 474 g/mol. The number of nitrogens with one attached hydrogen (secondary N) is 2. The predicted octanol–water partition coefficient (Wildman–Crippen LogP) is 4.60. The summed E-state index contributed by atoms with van der Waals surface area (Å²) in [5.74, 6) is 1.50. The van der Waals surface area contributed by atoms with Crippen molar-refractivity contribution in [3.8, 4) is 0 Å². The van der Waals surface area contributed by atoms with Crippen molar-refractivity contribution in [3.63, 3.8) is 0 Å². The van der Waals surface area contributed by atoms with Crippen molar-refractivity contribution in [3.05, 3.63) is 71.8 Å². The van der Waals surface area contributed by atoms with Gasteiger partial charge in [-0.15, -0.1) is 0 Å². The molecule has 3 fully saturated rings. The fourth-order valence-electron chi connectivity index (χ4n) is 7.02. The predicted molar refractivity (Wildman–Crippen MR) is 147 cm³/mol. The van der Waals surface area contributed by atoms with Crippen molar-refractivity contribution in [1.82, 2.24) is 34.6 Å². The summed E-state index contributed by atoms with van der Waals surface area (Å²) in [5, 5.41) is 0. The Balaban J connectivity index is 1.07. The summed E-state index contributed by atoms with van der Waals surface area (Å²) in [4.78, 5) is 35.5. The summed E-state index contributed by atoms with van der Waals surface area (Å²) in [5.41, 5.74) is 2.45. The Labute approximate surface area is 225 Å². The molecule has 2 aliphatic heterocycles. The summed E-state index contributed by atoms with van der Waals surface area (Å²) in [6.45, 7) is 6.75. The van der Waals surface area contributed by atoms with E-state index in [1.165, 1.54) is 83.1 Å². The summed E-state index contributed by atoms with van der Waals surface area (Å²) < 4.78 is 0. The molecule has 3 aromatic rings. The van der Waals surface area contributed by atoms with E-state index in [0.29, 0.717) is 24.1 Å². The van der Waals surface area contributed by atoms with Gasteiger partial charge in [-0.05, 0) is 68.3 Å². The standard InChI is InChI=1S/C30H41N7O/c38-29(37(20-27-31-13-14-32-27)21-28-33-15-16-34-28)25-9-7-24(8-10-25)19-35-18-12-30(22-35)11-4-17-36(23-30)26-5-2-1-3-6-26/h7-10,13-16,26H,1-6,11-12,17-23H2,(H,31,32)(H,33,34). The molecule has 1 aromatic carbocycles. The van der Waals surface area contributed by atoms with E-state index in [-0.39, 0.29) is 5.91 Å². The number of aromatic amines is 2. The molecule has 0 radical (unpaired) electrons. The first-order valence-electron chi connectivity index (χ1n) is 14.5. The van der Waals surface area contributed by atoms with E-state index in [0.717, 1.165) is 24.2 Å². The molecule has 202 valence electrons. The number of piperidine rings is 1. The number of hydrogen-bond acceptors (Lipinski definition) is 5. The van der Waals surface area contributed by atoms with Crippen LogP contribution in [0.5, 0.6) is 0 Å². The minimum Gasteiger partial charge on any atom is -0.347 e. The number of likely N-dealkylation sites (tertiary alicyclic amines) is 2. The molecule has 3 aliphatic rings. The van der Waals surface area contributed by atoms with E-state index in [1.54, 1.807) is 29.7 Å². The van der Waals surface area contributed by atoms with Crippen molar-refractivity contribution in [2.75, 3.05) is 26.2 Å². The van der Waals surface area contributed by atoms with Crippen LogP contribution in [0, 0.1) is 5.41 Å². The minimum absolute atomic E-state index is 0.0190. The highest BCUT2D eigenvalue weighted by molar-refractivity contribution is 5.94. The fraction of sp³-hybridized carbons (Fsp3) is 0.567. The zero-order valence-corrected chi connectivity index (χ0v) is 22.4. The zero-order chi connectivity index (χ0) is 25.8. The molecule has 1 unspecified atom stereocenters. The molecule has 0 bridgehead atoms. The number of carbonyl (C=O) groups excluding carboxylic acids is 1. The molecule has 2 saturated heterocycles. The lowest BCUT2D eigenvalue weighted by Crippen LogP contribution is -2.49. The third-order valence-electron chi connectivity index (χ3n) is 8.98. The van der Waals surface area contributed by atoms with Crippen molar-refractivity contribution in [2.24, 2.45) is 5.41 Å². The molecule has 1 saturated carbocycles. The maximum Gasteiger partial charge on any atom is 0.254 e. The zero-order valence-electron chi connectivity index (χ0n) is 22.4. The Morgan fingerprint density at radius 2 is 1.61 bits per heavy atom. The molecule has 1 amide bonds. The van der Waals surface area contributed by atoms with Gasteiger partial charge >= 0.3 is 0 Å². The topological polar surface area (TPSA) is 84.2 Å². The van der Waals surface area contributed by atoms with Gasteiger partial charge in [-0.2, -0.15) is 0 Å². The van der Waals surface area contributed by atoms with Crippen LogP contribution >= 0.6 is 0 Å². The summed E-state index contributed by atoms with van der Waals surface area (Å²) in [6.07, 6.45) is 18.1. The average Bonchev–Trinajstić information content (AvgIpc) is 3.73. The first-order chi connectivity index (χ1) is 18.7. The summed E-state index contributed by atoms with van der Waals surface area (Å²) in [6, 6.07) is 9.05. The highest BCUT2D eigenvalue weighted by atomic mass is 16.2. The van der Waals surface area contributed by atoms with Crippen LogP contribution in [-0.2, 0) is 19.6 Å². The smallest absolute Gasteiger partial charge is 0.254 e. The Kier molecular flexibility index (Phi) is 7.60. The van der Waals surface area contributed by atoms with Crippen LogP contribution in [0.25, 0.3) is 0 Å². The quantitative estimate of drug-likeness (QED) is 0.458. The maximum atomic E-state index is 13.4. The van der Waals surface area contributed by atoms with E-state index in [1.807, 2.05) is 12.1 Å². The van der Waals surface area contributed by atoms with Crippen LogP contribution in [-0.4, -0.2) is 72.8 Å². The Bertz CT molecular complexity index is 1120. The molecule has 6 rings (SSSR count). The monoisotopic (exact) mass is 515 g/mol. The minimum atomic E-state index is -0.0190. The van der Waals surface area contributed by atoms with Crippen LogP contribution in [0.1, 0.15) is 78.9 Å². The highest BCUT2D eigenvalue weighted by Gasteiger charge is 2.42. The Morgan fingerprint density at radius 3 is 2.26 bits per heavy atom. The molecule has 1 aliphatic carbocycles.